The van der Waals surface area contributed by atoms with Crippen LogP contribution in [0.15, 0.2) is 54.6 Å². The van der Waals surface area contributed by atoms with Gasteiger partial charge in [-0.15, -0.1) is 11.3 Å². The first-order chi connectivity index (χ1) is 9.70. The molecule has 0 saturated carbocycles. The first kappa shape index (κ1) is 13.0. The molecule has 0 saturated heterocycles. The molecule has 0 unspecified atom stereocenters. The summed E-state index contributed by atoms with van der Waals surface area (Å²) in [5, 5.41) is 0. The van der Waals surface area contributed by atoms with Crippen LogP contribution < -0.4 is 0 Å². The molecule has 1 nitrogen and oxygen atoms in total. The average Bonchev–Trinajstić information content (AvgIpc) is 2.87. The second-order valence-corrected chi connectivity index (χ2v) is 5.95. The van der Waals surface area contributed by atoms with Gasteiger partial charge in [-0.2, -0.15) is 4.39 Å². The third kappa shape index (κ3) is 2.94. The molecule has 0 radical (unpaired) electrons. The predicted octanol–water partition coefficient (Wildman–Crippen LogP) is 4.85. The van der Waals surface area contributed by atoms with Gasteiger partial charge < -0.3 is 0 Å². The molecule has 0 aliphatic carbocycles. The number of nitrogens with zero attached hydrogens (tertiary/aromatic N) is 1. The maximum absolute atomic E-state index is 13.1. The zero-order valence-electron chi connectivity index (χ0n) is 11.1. The van der Waals surface area contributed by atoms with E-state index in [0.29, 0.717) is 5.69 Å². The Morgan fingerprint density at radius 2 is 1.90 bits per heavy atom. The zero-order valence-corrected chi connectivity index (χ0v) is 12.0. The van der Waals surface area contributed by atoms with Crippen molar-refractivity contribution in [2.24, 2.45) is 0 Å². The van der Waals surface area contributed by atoms with Gasteiger partial charge in [0.2, 0.25) is 5.95 Å². The number of rotatable bonds is 3. The highest BCUT2D eigenvalue weighted by molar-refractivity contribution is 7.15. The third-order valence-corrected chi connectivity index (χ3v) is 4.20. The molecule has 0 fully saturated rings. The van der Waals surface area contributed by atoms with Crippen LogP contribution in [0.1, 0.15) is 16.0 Å². The molecule has 0 aliphatic heterocycles. The first-order valence-electron chi connectivity index (χ1n) is 6.48. The fraction of sp³-hybridized carbons (Fsp3) is 0.118. The minimum absolute atomic E-state index is 0.434. The topological polar surface area (TPSA) is 12.9 Å². The van der Waals surface area contributed by atoms with E-state index in [-0.39, 0.29) is 0 Å². The molecule has 3 aromatic rings. The molecule has 3 heteroatoms. The average molecular weight is 283 g/mol. The number of thiophene rings is 1. The zero-order chi connectivity index (χ0) is 13.9. The molecule has 3 rings (SSSR count). The highest BCUT2D eigenvalue weighted by Crippen LogP contribution is 2.28. The number of halogens is 1. The summed E-state index contributed by atoms with van der Waals surface area (Å²) < 4.78 is 13.1. The number of aryl methyl sites for hydroxylation is 1. The highest BCUT2D eigenvalue weighted by Gasteiger charge is 2.06. The lowest BCUT2D eigenvalue weighted by Gasteiger charge is -2.00. The smallest absolute Gasteiger partial charge is 0.213 e. The molecule has 0 atom stereocenters. The lowest BCUT2D eigenvalue weighted by molar-refractivity contribution is 0.585. The minimum atomic E-state index is -0.434. The van der Waals surface area contributed by atoms with E-state index in [0.717, 1.165) is 11.3 Å². The van der Waals surface area contributed by atoms with Crippen molar-refractivity contribution in [3.05, 3.63) is 76.5 Å². The van der Waals surface area contributed by atoms with Crippen LogP contribution in [0.25, 0.3) is 10.6 Å². The Balaban J connectivity index is 1.84. The summed E-state index contributed by atoms with van der Waals surface area (Å²) in [5.41, 5.74) is 3.27. The quantitative estimate of drug-likeness (QED) is 0.626. The molecular formula is C17H14FNS. The molecule has 2 heterocycles. The predicted molar refractivity (Wildman–Crippen MR) is 81.5 cm³/mol. The standard InChI is InChI=1S/C17H14FNS/c1-12-4-2-5-13(10-12)11-14-8-9-16(20-14)15-6-3-7-17(18)19-15/h2-10H,11H2,1H3. The van der Waals surface area contributed by atoms with E-state index in [2.05, 4.69) is 42.2 Å². The van der Waals surface area contributed by atoms with Crippen LogP contribution in [0.4, 0.5) is 4.39 Å². The first-order valence-corrected chi connectivity index (χ1v) is 7.29. The van der Waals surface area contributed by atoms with Gasteiger partial charge in [-0.1, -0.05) is 35.9 Å². The Bertz CT molecular complexity index is 733. The van der Waals surface area contributed by atoms with Gasteiger partial charge >= 0.3 is 0 Å². The van der Waals surface area contributed by atoms with Gasteiger partial charge in [-0.3, -0.25) is 0 Å². The highest BCUT2D eigenvalue weighted by atomic mass is 32.1. The molecule has 2 aromatic heterocycles. The SMILES string of the molecule is Cc1cccc(Cc2ccc(-c3cccc(F)n3)s2)c1. The van der Waals surface area contributed by atoms with Crippen LogP contribution in [0.5, 0.6) is 0 Å². The molecule has 1 aromatic carbocycles. The summed E-state index contributed by atoms with van der Waals surface area (Å²) in [4.78, 5) is 6.19. The third-order valence-electron chi connectivity index (χ3n) is 3.09. The van der Waals surface area contributed by atoms with Gasteiger partial charge in [0.1, 0.15) is 0 Å². The number of pyridine rings is 1. The van der Waals surface area contributed by atoms with Crippen molar-refractivity contribution in [3.8, 4) is 10.6 Å². The van der Waals surface area contributed by atoms with Crippen LogP contribution in [-0.4, -0.2) is 4.98 Å². The second-order valence-electron chi connectivity index (χ2n) is 4.78. The lowest BCUT2D eigenvalue weighted by Crippen LogP contribution is -1.85. The van der Waals surface area contributed by atoms with Crippen molar-refractivity contribution < 1.29 is 4.39 Å². The van der Waals surface area contributed by atoms with E-state index in [9.17, 15) is 4.39 Å². The fourth-order valence-electron chi connectivity index (χ4n) is 2.18. The summed E-state index contributed by atoms with van der Waals surface area (Å²) in [6.07, 6.45) is 0.904. The fourth-order valence-corrected chi connectivity index (χ4v) is 3.19. The van der Waals surface area contributed by atoms with Crippen LogP contribution >= 0.6 is 11.3 Å². The van der Waals surface area contributed by atoms with Crippen molar-refractivity contribution in [2.45, 2.75) is 13.3 Å². The summed E-state index contributed by atoms with van der Waals surface area (Å²) in [6.45, 7) is 2.10. The molecule has 20 heavy (non-hydrogen) atoms. The Morgan fingerprint density at radius 1 is 1.05 bits per heavy atom. The number of hydrogen-bond acceptors (Lipinski definition) is 2. The Labute approximate surface area is 121 Å². The maximum atomic E-state index is 13.1. The molecule has 100 valence electrons. The largest absolute Gasteiger partial charge is 0.219 e. The van der Waals surface area contributed by atoms with E-state index in [4.69, 9.17) is 0 Å². The number of aromatic nitrogens is 1. The lowest BCUT2D eigenvalue weighted by atomic mass is 10.1. The van der Waals surface area contributed by atoms with Crippen LogP contribution in [-0.2, 0) is 6.42 Å². The number of benzene rings is 1. The Hall–Kier alpha value is -2.00. The minimum Gasteiger partial charge on any atom is -0.219 e. The summed E-state index contributed by atoms with van der Waals surface area (Å²) in [5.74, 6) is -0.434. The van der Waals surface area contributed by atoms with E-state index in [1.165, 1.54) is 22.1 Å². The van der Waals surface area contributed by atoms with Crippen molar-refractivity contribution in [1.29, 1.82) is 0 Å². The molecule has 0 bridgehead atoms. The normalized spacial score (nSPS) is 10.7. The van der Waals surface area contributed by atoms with Crippen molar-refractivity contribution >= 4 is 11.3 Å². The van der Waals surface area contributed by atoms with Gasteiger partial charge in [0.25, 0.3) is 0 Å². The molecule has 0 amide bonds. The van der Waals surface area contributed by atoms with E-state index >= 15 is 0 Å². The molecule has 0 N–H and O–H groups in total. The van der Waals surface area contributed by atoms with Gasteiger partial charge in [0.05, 0.1) is 10.6 Å². The Kier molecular flexibility index (Phi) is 3.61. The van der Waals surface area contributed by atoms with E-state index in [1.807, 2.05) is 12.1 Å². The summed E-state index contributed by atoms with van der Waals surface area (Å²) in [6, 6.07) is 17.5. The number of hydrogen-bond donors (Lipinski definition) is 0. The summed E-state index contributed by atoms with van der Waals surface area (Å²) in [7, 11) is 0. The Morgan fingerprint density at radius 3 is 2.70 bits per heavy atom. The molecule has 0 aliphatic rings. The van der Waals surface area contributed by atoms with Gasteiger partial charge in [0.15, 0.2) is 0 Å². The molecular weight excluding hydrogens is 269 g/mol. The van der Waals surface area contributed by atoms with Gasteiger partial charge in [-0.05, 0) is 36.8 Å². The van der Waals surface area contributed by atoms with Crippen LogP contribution in [0.3, 0.4) is 0 Å². The van der Waals surface area contributed by atoms with Gasteiger partial charge in [0, 0.05) is 11.3 Å². The van der Waals surface area contributed by atoms with Crippen LogP contribution in [0, 0.1) is 12.9 Å². The maximum Gasteiger partial charge on any atom is 0.213 e. The van der Waals surface area contributed by atoms with E-state index in [1.54, 1.807) is 17.4 Å². The van der Waals surface area contributed by atoms with E-state index < -0.39 is 5.95 Å². The monoisotopic (exact) mass is 283 g/mol. The summed E-state index contributed by atoms with van der Waals surface area (Å²) >= 11 is 1.67. The van der Waals surface area contributed by atoms with Crippen molar-refractivity contribution in [2.75, 3.05) is 0 Å². The second kappa shape index (κ2) is 5.55. The van der Waals surface area contributed by atoms with Gasteiger partial charge in [-0.25, -0.2) is 4.98 Å². The van der Waals surface area contributed by atoms with Crippen LogP contribution in [0.2, 0.25) is 0 Å². The molecule has 0 spiro atoms. The van der Waals surface area contributed by atoms with Crippen molar-refractivity contribution in [1.82, 2.24) is 4.98 Å². The van der Waals surface area contributed by atoms with Crippen molar-refractivity contribution in [3.63, 3.8) is 0 Å².